The van der Waals surface area contributed by atoms with Crippen molar-refractivity contribution < 1.29 is 19.0 Å². The molecule has 69 valence electrons. The fourth-order valence-electron chi connectivity index (χ4n) is 0.875. The normalized spacial score (nSPS) is 9.38. The standard InChI is InChI=1S/C8H7FNO3/c1-13-6-4-2-3-5(7(6)9)10-8(11)12/h2-4,10H,1H3. The highest BCUT2D eigenvalue weighted by Gasteiger charge is 2.10. The van der Waals surface area contributed by atoms with Gasteiger partial charge in [0.15, 0.2) is 11.6 Å². The van der Waals surface area contributed by atoms with Crippen LogP contribution in [0.1, 0.15) is 0 Å². The Labute approximate surface area is 73.9 Å². The molecule has 0 aliphatic carbocycles. The fraction of sp³-hybridized carbons (Fsp3) is 0.125. The molecule has 1 rings (SSSR count). The molecule has 0 fully saturated rings. The summed E-state index contributed by atoms with van der Waals surface area (Å²) in [6, 6.07) is 4.12. The van der Waals surface area contributed by atoms with Crippen molar-refractivity contribution in [1.29, 1.82) is 0 Å². The number of anilines is 1. The Hall–Kier alpha value is -1.78. The van der Waals surface area contributed by atoms with Gasteiger partial charge in [0.1, 0.15) is 0 Å². The summed E-state index contributed by atoms with van der Waals surface area (Å²) in [6.07, 6.45) is -1.56. The topological polar surface area (TPSA) is 58.2 Å². The molecule has 1 aromatic carbocycles. The Kier molecular flexibility index (Phi) is 2.69. The van der Waals surface area contributed by atoms with Crippen molar-refractivity contribution in [2.75, 3.05) is 12.4 Å². The highest BCUT2D eigenvalue weighted by molar-refractivity contribution is 5.83. The molecule has 0 bridgehead atoms. The SMILES string of the molecule is COc1cccc(NC([O])=O)c1F. The first kappa shape index (κ1) is 9.31. The van der Waals surface area contributed by atoms with Crippen molar-refractivity contribution in [3.05, 3.63) is 24.0 Å². The van der Waals surface area contributed by atoms with E-state index in [1.807, 2.05) is 0 Å². The number of nitrogens with one attached hydrogen (secondary N) is 1. The number of ether oxygens (including phenoxy) is 1. The van der Waals surface area contributed by atoms with Crippen molar-refractivity contribution in [1.82, 2.24) is 0 Å². The zero-order valence-electron chi connectivity index (χ0n) is 6.83. The molecular formula is C8H7FNO3. The number of methoxy groups -OCH3 is 1. The number of halogens is 1. The molecule has 0 saturated heterocycles. The second-order valence-electron chi connectivity index (χ2n) is 2.23. The van der Waals surface area contributed by atoms with Gasteiger partial charge in [-0.05, 0) is 12.1 Å². The molecule has 1 aromatic rings. The molecule has 0 unspecified atom stereocenters. The minimum atomic E-state index is -1.56. The third-order valence-corrected chi connectivity index (χ3v) is 1.42. The van der Waals surface area contributed by atoms with E-state index >= 15 is 0 Å². The molecule has 0 saturated carbocycles. The van der Waals surface area contributed by atoms with E-state index in [2.05, 4.69) is 4.74 Å². The summed E-state index contributed by atoms with van der Waals surface area (Å²) in [6.45, 7) is 0. The van der Waals surface area contributed by atoms with E-state index in [0.29, 0.717) is 0 Å². The molecule has 1 N–H and O–H groups in total. The van der Waals surface area contributed by atoms with Gasteiger partial charge in [-0.15, -0.1) is 0 Å². The first-order valence-electron chi connectivity index (χ1n) is 3.45. The lowest BCUT2D eigenvalue weighted by molar-refractivity contribution is 0.185. The Bertz CT molecular complexity index is 327. The first-order chi connectivity index (χ1) is 6.15. The maximum atomic E-state index is 13.2. The van der Waals surface area contributed by atoms with Crippen LogP contribution in [-0.4, -0.2) is 13.2 Å². The largest absolute Gasteiger partial charge is 0.494 e. The summed E-state index contributed by atoms with van der Waals surface area (Å²) < 4.78 is 17.8. The number of benzene rings is 1. The molecule has 5 heteroatoms. The molecule has 0 heterocycles. The average Bonchev–Trinajstić information content (AvgIpc) is 2.08. The zero-order chi connectivity index (χ0) is 9.84. The minimum absolute atomic E-state index is 0.0220. The van der Waals surface area contributed by atoms with Crippen molar-refractivity contribution in [3.8, 4) is 5.75 Å². The van der Waals surface area contributed by atoms with Crippen LogP contribution in [0.15, 0.2) is 18.2 Å². The summed E-state index contributed by atoms with van der Waals surface area (Å²) in [4.78, 5) is 10.1. The second kappa shape index (κ2) is 3.75. The third kappa shape index (κ3) is 2.08. The Morgan fingerprint density at radius 1 is 1.54 bits per heavy atom. The summed E-state index contributed by atoms with van der Waals surface area (Å²) in [5.74, 6) is -0.777. The van der Waals surface area contributed by atoms with E-state index < -0.39 is 11.9 Å². The van der Waals surface area contributed by atoms with Gasteiger partial charge in [-0.3, -0.25) is 5.32 Å². The van der Waals surface area contributed by atoms with Crippen LogP contribution in [0, 0.1) is 5.82 Å². The predicted molar refractivity (Wildman–Crippen MR) is 42.7 cm³/mol. The third-order valence-electron chi connectivity index (χ3n) is 1.42. The molecular weight excluding hydrogens is 177 g/mol. The molecule has 0 aromatic heterocycles. The number of hydrogen-bond donors (Lipinski definition) is 1. The van der Waals surface area contributed by atoms with Crippen LogP contribution < -0.4 is 10.1 Å². The Morgan fingerprint density at radius 3 is 2.77 bits per heavy atom. The van der Waals surface area contributed by atoms with Crippen molar-refractivity contribution in [2.24, 2.45) is 0 Å². The van der Waals surface area contributed by atoms with Crippen LogP contribution in [-0.2, 0) is 5.11 Å². The number of hydrogen-bond acceptors (Lipinski definition) is 2. The molecule has 1 radical (unpaired) electrons. The molecule has 0 aliphatic rings. The van der Waals surface area contributed by atoms with E-state index in [4.69, 9.17) is 0 Å². The van der Waals surface area contributed by atoms with Crippen molar-refractivity contribution >= 4 is 11.8 Å². The molecule has 13 heavy (non-hydrogen) atoms. The lowest BCUT2D eigenvalue weighted by Crippen LogP contribution is -2.07. The summed E-state index contributed by atoms with van der Waals surface area (Å²) in [5.41, 5.74) is -0.181. The predicted octanol–water partition coefficient (Wildman–Crippen LogP) is 1.80. The molecule has 1 amide bonds. The van der Waals surface area contributed by atoms with E-state index in [1.165, 1.54) is 25.3 Å². The maximum absolute atomic E-state index is 13.2. The number of rotatable bonds is 2. The van der Waals surface area contributed by atoms with Gasteiger partial charge in [0.05, 0.1) is 12.8 Å². The van der Waals surface area contributed by atoms with E-state index in [0.717, 1.165) is 0 Å². The highest BCUT2D eigenvalue weighted by atomic mass is 19.1. The molecule has 4 nitrogen and oxygen atoms in total. The lowest BCUT2D eigenvalue weighted by Gasteiger charge is -2.05. The van der Waals surface area contributed by atoms with Gasteiger partial charge < -0.3 is 4.74 Å². The van der Waals surface area contributed by atoms with Gasteiger partial charge >= 0.3 is 6.09 Å². The Morgan fingerprint density at radius 2 is 2.23 bits per heavy atom. The van der Waals surface area contributed by atoms with Gasteiger partial charge in [0.25, 0.3) is 0 Å². The van der Waals surface area contributed by atoms with Crippen LogP contribution in [0.4, 0.5) is 14.9 Å². The van der Waals surface area contributed by atoms with Gasteiger partial charge in [0, 0.05) is 0 Å². The number of carbonyl (C=O) groups is 1. The fourth-order valence-corrected chi connectivity index (χ4v) is 0.875. The van der Waals surface area contributed by atoms with Gasteiger partial charge in [-0.25, -0.2) is 14.3 Å². The smallest absolute Gasteiger partial charge is 0.455 e. The highest BCUT2D eigenvalue weighted by Crippen LogP contribution is 2.23. The van der Waals surface area contributed by atoms with Crippen LogP contribution >= 0.6 is 0 Å². The van der Waals surface area contributed by atoms with Gasteiger partial charge in [0.2, 0.25) is 0 Å². The summed E-state index contributed by atoms with van der Waals surface area (Å²) in [5, 5.41) is 11.9. The molecule has 0 aliphatic heterocycles. The van der Waals surface area contributed by atoms with Crippen LogP contribution in [0.25, 0.3) is 0 Å². The van der Waals surface area contributed by atoms with E-state index in [-0.39, 0.29) is 11.4 Å². The van der Waals surface area contributed by atoms with Crippen molar-refractivity contribution in [2.45, 2.75) is 0 Å². The average molecular weight is 184 g/mol. The van der Waals surface area contributed by atoms with Gasteiger partial charge in [-0.1, -0.05) is 6.07 Å². The maximum Gasteiger partial charge on any atom is 0.455 e. The number of amides is 1. The monoisotopic (exact) mass is 184 g/mol. The number of carbonyl (C=O) groups excluding carboxylic acids is 1. The quantitative estimate of drug-likeness (QED) is 0.761. The Balaban J connectivity index is 3.01. The minimum Gasteiger partial charge on any atom is -0.494 e. The second-order valence-corrected chi connectivity index (χ2v) is 2.23. The van der Waals surface area contributed by atoms with Crippen LogP contribution in [0.2, 0.25) is 0 Å². The zero-order valence-corrected chi connectivity index (χ0v) is 6.83. The molecule has 0 atom stereocenters. The summed E-state index contributed by atoms with van der Waals surface area (Å²) in [7, 11) is 1.29. The van der Waals surface area contributed by atoms with Crippen LogP contribution in [0.5, 0.6) is 5.75 Å². The van der Waals surface area contributed by atoms with Crippen LogP contribution in [0.3, 0.4) is 0 Å². The first-order valence-corrected chi connectivity index (χ1v) is 3.45. The van der Waals surface area contributed by atoms with Gasteiger partial charge in [-0.2, -0.15) is 0 Å². The van der Waals surface area contributed by atoms with E-state index in [1.54, 1.807) is 5.32 Å². The molecule has 0 spiro atoms. The van der Waals surface area contributed by atoms with Crippen molar-refractivity contribution in [3.63, 3.8) is 0 Å². The van der Waals surface area contributed by atoms with E-state index in [9.17, 15) is 14.3 Å². The lowest BCUT2D eigenvalue weighted by atomic mass is 10.3. The summed E-state index contributed by atoms with van der Waals surface area (Å²) >= 11 is 0.